The molecule has 4 rings (SSSR count). The Morgan fingerprint density at radius 3 is 2.19 bits per heavy atom. The lowest BCUT2D eigenvalue weighted by molar-refractivity contribution is -0.129. The maximum Gasteiger partial charge on any atom is 0.240 e. The van der Waals surface area contributed by atoms with Gasteiger partial charge in [0.05, 0.1) is 12.7 Å². The summed E-state index contributed by atoms with van der Waals surface area (Å²) in [6.07, 6.45) is 3.85. The Hall–Kier alpha value is -3.31. The van der Waals surface area contributed by atoms with Crippen LogP contribution in [0.15, 0.2) is 108 Å². The highest BCUT2D eigenvalue weighted by Crippen LogP contribution is 2.36. The molecule has 0 spiro atoms. The molecule has 0 unspecified atom stereocenters. The van der Waals surface area contributed by atoms with E-state index in [1.165, 1.54) is 5.56 Å². The van der Waals surface area contributed by atoms with Crippen molar-refractivity contribution < 1.29 is 4.79 Å². The number of nitrogens with zero attached hydrogens (tertiary/aromatic N) is 3. The quantitative estimate of drug-likeness (QED) is 0.352. The van der Waals surface area contributed by atoms with Crippen LogP contribution in [0.5, 0.6) is 0 Å². The van der Waals surface area contributed by atoms with Gasteiger partial charge < -0.3 is 4.90 Å². The van der Waals surface area contributed by atoms with E-state index in [9.17, 15) is 4.79 Å². The summed E-state index contributed by atoms with van der Waals surface area (Å²) in [6, 6.07) is 30.3. The van der Waals surface area contributed by atoms with E-state index in [2.05, 4.69) is 17.2 Å². The summed E-state index contributed by atoms with van der Waals surface area (Å²) in [5.74, 6) is 0.0795. The standard InChI is InChI=1S/C26H25N3OS/c1-28(18-22-17-27-29(20-22)19-21-11-5-2-6-12-21)26(30)25(23-13-7-3-8-14-23)31-24-15-9-4-10-16-24/h2-17,20,25H,18-19H2,1H3/t25-/m1/s1. The van der Waals surface area contributed by atoms with Crippen LogP contribution in [0.25, 0.3) is 0 Å². The first-order valence-electron chi connectivity index (χ1n) is 10.3. The fourth-order valence-electron chi connectivity index (χ4n) is 3.42. The second kappa shape index (κ2) is 10.1. The molecule has 1 atom stereocenters. The van der Waals surface area contributed by atoms with Crippen molar-refractivity contribution in [1.82, 2.24) is 14.7 Å². The van der Waals surface area contributed by atoms with Crippen LogP contribution in [0.2, 0.25) is 0 Å². The Morgan fingerprint density at radius 2 is 1.52 bits per heavy atom. The number of hydrogen-bond donors (Lipinski definition) is 0. The van der Waals surface area contributed by atoms with Crippen LogP contribution in [-0.4, -0.2) is 27.6 Å². The average molecular weight is 428 g/mol. The summed E-state index contributed by atoms with van der Waals surface area (Å²) in [7, 11) is 1.86. The third-order valence-electron chi connectivity index (χ3n) is 4.99. The van der Waals surface area contributed by atoms with Crippen LogP contribution < -0.4 is 0 Å². The molecule has 1 aromatic heterocycles. The van der Waals surface area contributed by atoms with E-state index in [-0.39, 0.29) is 11.2 Å². The van der Waals surface area contributed by atoms with Gasteiger partial charge in [-0.1, -0.05) is 78.9 Å². The molecular weight excluding hydrogens is 402 g/mol. The number of hydrogen-bond acceptors (Lipinski definition) is 3. The molecule has 0 saturated carbocycles. The van der Waals surface area contributed by atoms with Crippen LogP contribution in [0, 0.1) is 0 Å². The highest BCUT2D eigenvalue weighted by atomic mass is 32.2. The summed E-state index contributed by atoms with van der Waals surface area (Å²) < 4.78 is 1.91. The largest absolute Gasteiger partial charge is 0.340 e. The predicted octanol–water partition coefficient (Wildman–Crippen LogP) is 5.42. The fourth-order valence-corrected chi connectivity index (χ4v) is 4.58. The van der Waals surface area contributed by atoms with E-state index in [1.807, 2.05) is 103 Å². The van der Waals surface area contributed by atoms with Crippen molar-refractivity contribution in [2.45, 2.75) is 23.2 Å². The third-order valence-corrected chi connectivity index (χ3v) is 6.25. The van der Waals surface area contributed by atoms with Gasteiger partial charge in [0.15, 0.2) is 0 Å². The van der Waals surface area contributed by atoms with Crippen LogP contribution in [-0.2, 0) is 17.9 Å². The number of likely N-dealkylation sites (N-methyl/N-ethyl adjacent to an activating group) is 1. The lowest BCUT2D eigenvalue weighted by atomic mass is 10.1. The van der Waals surface area contributed by atoms with E-state index in [4.69, 9.17) is 0 Å². The van der Waals surface area contributed by atoms with Crippen molar-refractivity contribution in [2.75, 3.05) is 7.05 Å². The number of thioether (sulfide) groups is 1. The van der Waals surface area contributed by atoms with Crippen LogP contribution in [0.1, 0.15) is 21.9 Å². The van der Waals surface area contributed by atoms with Gasteiger partial charge in [-0.25, -0.2) is 0 Å². The molecule has 4 nitrogen and oxygen atoms in total. The number of rotatable bonds is 8. The minimum atomic E-state index is -0.298. The first-order valence-corrected chi connectivity index (χ1v) is 11.1. The number of benzene rings is 3. The van der Waals surface area contributed by atoms with E-state index in [0.717, 1.165) is 22.6 Å². The van der Waals surface area contributed by atoms with Crippen molar-refractivity contribution in [3.63, 3.8) is 0 Å². The van der Waals surface area contributed by atoms with Crippen molar-refractivity contribution in [1.29, 1.82) is 0 Å². The molecule has 0 aliphatic rings. The maximum atomic E-state index is 13.4. The van der Waals surface area contributed by atoms with E-state index >= 15 is 0 Å². The van der Waals surface area contributed by atoms with Crippen molar-refractivity contribution in [3.05, 3.63) is 120 Å². The molecule has 0 aliphatic heterocycles. The van der Waals surface area contributed by atoms with Gasteiger partial charge in [-0.3, -0.25) is 9.48 Å². The summed E-state index contributed by atoms with van der Waals surface area (Å²) in [5.41, 5.74) is 3.22. The van der Waals surface area contributed by atoms with Gasteiger partial charge >= 0.3 is 0 Å². The SMILES string of the molecule is CN(Cc1cnn(Cc2ccccc2)c1)C(=O)[C@H](Sc1ccccc1)c1ccccc1. The fraction of sp³-hybridized carbons (Fsp3) is 0.154. The average Bonchev–Trinajstić information content (AvgIpc) is 3.25. The second-order valence-electron chi connectivity index (χ2n) is 7.45. The molecule has 1 amide bonds. The molecule has 4 aromatic rings. The highest BCUT2D eigenvalue weighted by Gasteiger charge is 2.25. The number of aromatic nitrogens is 2. The molecule has 1 heterocycles. The Labute approximate surface area is 187 Å². The topological polar surface area (TPSA) is 38.1 Å². The Bertz CT molecular complexity index is 1100. The van der Waals surface area contributed by atoms with Crippen LogP contribution in [0.4, 0.5) is 0 Å². The highest BCUT2D eigenvalue weighted by molar-refractivity contribution is 8.00. The number of amides is 1. The Morgan fingerprint density at radius 1 is 0.903 bits per heavy atom. The molecule has 0 N–H and O–H groups in total. The van der Waals surface area contributed by atoms with Gasteiger partial charge in [0.2, 0.25) is 5.91 Å². The van der Waals surface area contributed by atoms with Crippen LogP contribution in [0.3, 0.4) is 0 Å². The molecule has 0 radical (unpaired) electrons. The summed E-state index contributed by atoms with van der Waals surface area (Å²) in [4.78, 5) is 16.3. The van der Waals surface area contributed by atoms with Crippen molar-refractivity contribution in [3.8, 4) is 0 Å². The molecule has 3 aromatic carbocycles. The number of carbonyl (C=O) groups is 1. The van der Waals surface area contributed by atoms with E-state index < -0.39 is 0 Å². The molecule has 0 aliphatic carbocycles. The molecular formula is C26H25N3OS. The first-order chi connectivity index (χ1) is 15.2. The number of carbonyl (C=O) groups excluding carboxylic acids is 1. The Balaban J connectivity index is 1.47. The monoisotopic (exact) mass is 427 g/mol. The van der Waals surface area contributed by atoms with E-state index in [0.29, 0.717) is 6.54 Å². The van der Waals surface area contributed by atoms with E-state index in [1.54, 1.807) is 16.7 Å². The molecule has 0 fully saturated rings. The summed E-state index contributed by atoms with van der Waals surface area (Å²) in [5, 5.41) is 4.17. The first kappa shape index (κ1) is 20.9. The van der Waals surface area contributed by atoms with Gasteiger partial charge in [0.25, 0.3) is 0 Å². The zero-order chi connectivity index (χ0) is 21.5. The lowest BCUT2D eigenvalue weighted by Gasteiger charge is -2.23. The van der Waals surface area contributed by atoms with Gasteiger partial charge in [-0.05, 0) is 23.3 Å². The Kier molecular flexibility index (Phi) is 6.85. The molecule has 0 bridgehead atoms. The maximum absolute atomic E-state index is 13.4. The normalized spacial score (nSPS) is 11.8. The minimum absolute atomic E-state index is 0.0795. The van der Waals surface area contributed by atoms with Gasteiger partial charge in [0, 0.05) is 30.2 Å². The zero-order valence-corrected chi connectivity index (χ0v) is 18.3. The van der Waals surface area contributed by atoms with Gasteiger partial charge in [-0.15, -0.1) is 11.8 Å². The molecule has 5 heteroatoms. The van der Waals surface area contributed by atoms with Crippen molar-refractivity contribution >= 4 is 17.7 Å². The smallest absolute Gasteiger partial charge is 0.240 e. The lowest BCUT2D eigenvalue weighted by Crippen LogP contribution is -2.30. The van der Waals surface area contributed by atoms with Gasteiger partial charge in [0.1, 0.15) is 5.25 Å². The van der Waals surface area contributed by atoms with Crippen molar-refractivity contribution in [2.24, 2.45) is 0 Å². The summed E-state index contributed by atoms with van der Waals surface area (Å²) >= 11 is 1.58. The molecule has 0 saturated heterocycles. The molecule has 156 valence electrons. The molecule has 31 heavy (non-hydrogen) atoms. The van der Waals surface area contributed by atoms with Gasteiger partial charge in [-0.2, -0.15) is 5.10 Å². The predicted molar refractivity (Wildman–Crippen MR) is 126 cm³/mol. The zero-order valence-electron chi connectivity index (χ0n) is 17.5. The minimum Gasteiger partial charge on any atom is -0.340 e. The second-order valence-corrected chi connectivity index (χ2v) is 8.63. The van der Waals surface area contributed by atoms with Crippen LogP contribution >= 0.6 is 11.8 Å². The summed E-state index contributed by atoms with van der Waals surface area (Å²) in [6.45, 7) is 1.24. The third kappa shape index (κ3) is 5.64.